The molecule has 2 heteroatoms. The molecular formula is C21H20O2. The predicted octanol–water partition coefficient (Wildman–Crippen LogP) is 3.27. The van der Waals surface area contributed by atoms with Gasteiger partial charge in [0.2, 0.25) is 0 Å². The Morgan fingerprint density at radius 1 is 0.696 bits per heavy atom. The number of allylic oxidation sites excluding steroid dienone is 8. The van der Waals surface area contributed by atoms with Crippen LogP contribution in [0.2, 0.25) is 0 Å². The van der Waals surface area contributed by atoms with Gasteiger partial charge in [-0.3, -0.25) is 9.59 Å². The molecule has 0 heterocycles. The topological polar surface area (TPSA) is 34.1 Å². The Hall–Kier alpha value is -1.70. The standard InChI is InChI=1S/C21H20O2/c22-20-14(8-16-10-1-3-12(5-10)18(16)20)7-15-9-17-11-2-4-13(6-11)19(17)21(15)23/h1-4,8-13,16-19H,5-7H2/t10-,11-,12+,13+,16?,17?,18?,19?/m0/s1. The number of hydrogen-bond acceptors (Lipinski definition) is 2. The van der Waals surface area contributed by atoms with E-state index in [0.29, 0.717) is 53.5 Å². The molecule has 0 aliphatic heterocycles. The van der Waals surface area contributed by atoms with Crippen molar-refractivity contribution in [3.8, 4) is 0 Å². The first kappa shape index (κ1) is 12.7. The lowest BCUT2D eigenvalue weighted by Gasteiger charge is -2.18. The van der Waals surface area contributed by atoms with Gasteiger partial charge in [0.1, 0.15) is 0 Å². The summed E-state index contributed by atoms with van der Waals surface area (Å²) in [5.41, 5.74) is 1.86. The Morgan fingerprint density at radius 3 is 1.57 bits per heavy atom. The first-order valence-electron chi connectivity index (χ1n) is 9.07. The lowest BCUT2D eigenvalue weighted by Crippen LogP contribution is -2.22. The molecule has 116 valence electrons. The normalized spacial score (nSPS) is 50.8. The highest BCUT2D eigenvalue weighted by Crippen LogP contribution is 2.56. The smallest absolute Gasteiger partial charge is 0.163 e. The molecule has 0 amide bonds. The molecule has 6 rings (SSSR count). The van der Waals surface area contributed by atoms with E-state index >= 15 is 0 Å². The van der Waals surface area contributed by atoms with Crippen LogP contribution in [0.25, 0.3) is 0 Å². The van der Waals surface area contributed by atoms with Crippen molar-refractivity contribution < 1.29 is 9.59 Å². The second-order valence-electron chi connectivity index (χ2n) is 8.39. The van der Waals surface area contributed by atoms with Crippen molar-refractivity contribution in [3.63, 3.8) is 0 Å². The summed E-state index contributed by atoms with van der Waals surface area (Å²) in [6.07, 6.45) is 16.4. The zero-order chi connectivity index (χ0) is 15.3. The third-order valence-corrected chi connectivity index (χ3v) is 7.45. The lowest BCUT2D eigenvalue weighted by molar-refractivity contribution is -0.119. The van der Waals surface area contributed by atoms with E-state index in [9.17, 15) is 9.59 Å². The zero-order valence-electron chi connectivity index (χ0n) is 13.0. The van der Waals surface area contributed by atoms with Crippen LogP contribution in [0.1, 0.15) is 19.3 Å². The van der Waals surface area contributed by atoms with Crippen molar-refractivity contribution >= 4 is 11.6 Å². The van der Waals surface area contributed by atoms with Crippen LogP contribution in [-0.2, 0) is 9.59 Å². The number of hydrogen-bond donors (Lipinski definition) is 0. The van der Waals surface area contributed by atoms with Crippen molar-refractivity contribution in [2.45, 2.75) is 19.3 Å². The van der Waals surface area contributed by atoms with Crippen molar-refractivity contribution in [2.24, 2.45) is 47.3 Å². The Kier molecular flexibility index (Phi) is 2.23. The van der Waals surface area contributed by atoms with Gasteiger partial charge in [0.15, 0.2) is 11.6 Å². The minimum Gasteiger partial charge on any atom is -0.294 e. The highest BCUT2D eigenvalue weighted by molar-refractivity contribution is 6.06. The predicted molar refractivity (Wildman–Crippen MR) is 86.2 cm³/mol. The monoisotopic (exact) mass is 304 g/mol. The minimum absolute atomic E-state index is 0.189. The minimum atomic E-state index is 0.189. The van der Waals surface area contributed by atoms with Gasteiger partial charge >= 0.3 is 0 Å². The number of Topliss-reactive ketones (excluding diaryl/α,β-unsaturated/α-hetero) is 2. The fraction of sp³-hybridized carbons (Fsp3) is 0.524. The van der Waals surface area contributed by atoms with Gasteiger partial charge in [-0.25, -0.2) is 0 Å². The first-order valence-corrected chi connectivity index (χ1v) is 9.07. The lowest BCUT2D eigenvalue weighted by atomic mass is 9.84. The average molecular weight is 304 g/mol. The molecule has 0 spiro atoms. The number of ketones is 2. The molecule has 0 saturated heterocycles. The molecular weight excluding hydrogens is 284 g/mol. The first-order chi connectivity index (χ1) is 11.2. The molecule has 6 aliphatic carbocycles. The van der Waals surface area contributed by atoms with Crippen molar-refractivity contribution in [1.29, 1.82) is 0 Å². The average Bonchev–Trinajstić information content (AvgIpc) is 3.32. The molecule has 0 N–H and O–H groups in total. The van der Waals surface area contributed by atoms with Gasteiger partial charge in [0.05, 0.1) is 0 Å². The maximum atomic E-state index is 12.8. The quantitative estimate of drug-likeness (QED) is 0.734. The van der Waals surface area contributed by atoms with Crippen molar-refractivity contribution in [1.82, 2.24) is 0 Å². The molecule has 2 fully saturated rings. The summed E-state index contributed by atoms with van der Waals surface area (Å²) in [6, 6.07) is 0. The second-order valence-corrected chi connectivity index (χ2v) is 8.39. The number of fused-ring (bicyclic) bond motifs is 10. The van der Waals surface area contributed by atoms with E-state index in [0.717, 1.165) is 24.0 Å². The van der Waals surface area contributed by atoms with E-state index in [4.69, 9.17) is 0 Å². The van der Waals surface area contributed by atoms with E-state index in [1.165, 1.54) is 0 Å². The number of rotatable bonds is 2. The molecule has 6 aliphatic rings. The molecule has 2 nitrogen and oxygen atoms in total. The molecule has 4 unspecified atom stereocenters. The third kappa shape index (κ3) is 1.46. The van der Waals surface area contributed by atoms with Gasteiger partial charge in [0, 0.05) is 18.3 Å². The Balaban J connectivity index is 1.28. The summed E-state index contributed by atoms with van der Waals surface area (Å²) in [5.74, 6) is 3.93. The molecule has 2 saturated carbocycles. The maximum Gasteiger partial charge on any atom is 0.163 e. The van der Waals surface area contributed by atoms with Crippen molar-refractivity contribution in [3.05, 3.63) is 47.6 Å². The summed E-state index contributed by atoms with van der Waals surface area (Å²) >= 11 is 0. The van der Waals surface area contributed by atoms with E-state index in [1.54, 1.807) is 0 Å². The maximum absolute atomic E-state index is 12.8. The van der Waals surface area contributed by atoms with Crippen molar-refractivity contribution in [2.75, 3.05) is 0 Å². The second kappa shape index (κ2) is 4.03. The van der Waals surface area contributed by atoms with E-state index in [1.807, 2.05) is 0 Å². The number of carbonyl (C=O) groups excluding carboxylic acids is 2. The summed E-state index contributed by atoms with van der Waals surface area (Å²) < 4.78 is 0. The summed E-state index contributed by atoms with van der Waals surface area (Å²) in [5, 5.41) is 0. The van der Waals surface area contributed by atoms with Crippen LogP contribution >= 0.6 is 0 Å². The third-order valence-electron chi connectivity index (χ3n) is 7.45. The number of carbonyl (C=O) groups is 2. The van der Waals surface area contributed by atoms with Gasteiger partial charge in [-0.15, -0.1) is 0 Å². The molecule has 0 aromatic carbocycles. The largest absolute Gasteiger partial charge is 0.294 e. The molecule has 4 bridgehead atoms. The SMILES string of the molecule is O=C1C(CC2=CC3C(C2=O)[C@@H]2C=C[C@H]3C2)=CC2C1[C@@H]1C=C[C@H]2C1. The highest BCUT2D eigenvalue weighted by Gasteiger charge is 2.53. The van der Waals surface area contributed by atoms with Gasteiger partial charge in [0.25, 0.3) is 0 Å². The molecule has 0 aromatic rings. The zero-order valence-corrected chi connectivity index (χ0v) is 13.0. The Bertz CT molecular complexity index is 701. The van der Waals surface area contributed by atoms with E-state index in [2.05, 4.69) is 36.5 Å². The fourth-order valence-corrected chi connectivity index (χ4v) is 6.47. The summed E-state index contributed by atoms with van der Waals surface area (Å²) in [6.45, 7) is 0. The molecule has 8 atom stereocenters. The van der Waals surface area contributed by atoms with Crippen LogP contribution in [0.3, 0.4) is 0 Å². The molecule has 0 aromatic heterocycles. The molecule has 23 heavy (non-hydrogen) atoms. The van der Waals surface area contributed by atoms with Crippen LogP contribution in [0.15, 0.2) is 47.6 Å². The van der Waals surface area contributed by atoms with Gasteiger partial charge in [-0.05, 0) is 59.5 Å². The van der Waals surface area contributed by atoms with Crippen LogP contribution < -0.4 is 0 Å². The summed E-state index contributed by atoms with van der Waals surface area (Å²) in [4.78, 5) is 25.6. The highest BCUT2D eigenvalue weighted by atomic mass is 16.1. The van der Waals surface area contributed by atoms with Gasteiger partial charge in [-0.1, -0.05) is 36.5 Å². The Morgan fingerprint density at radius 2 is 1.13 bits per heavy atom. The van der Waals surface area contributed by atoms with Crippen LogP contribution in [-0.4, -0.2) is 11.6 Å². The van der Waals surface area contributed by atoms with Gasteiger partial charge < -0.3 is 0 Å². The van der Waals surface area contributed by atoms with Gasteiger partial charge in [-0.2, -0.15) is 0 Å². The van der Waals surface area contributed by atoms with E-state index < -0.39 is 0 Å². The van der Waals surface area contributed by atoms with Crippen LogP contribution in [0.5, 0.6) is 0 Å². The fourth-order valence-electron chi connectivity index (χ4n) is 6.47. The Labute approximate surface area is 136 Å². The molecule has 0 radical (unpaired) electrons. The van der Waals surface area contributed by atoms with E-state index in [-0.39, 0.29) is 11.8 Å². The van der Waals surface area contributed by atoms with Crippen LogP contribution in [0, 0.1) is 47.3 Å². The summed E-state index contributed by atoms with van der Waals surface area (Å²) in [7, 11) is 0. The van der Waals surface area contributed by atoms with Crippen LogP contribution in [0.4, 0.5) is 0 Å².